The molecule has 0 spiro atoms. The van der Waals surface area contributed by atoms with Crippen LogP contribution in [-0.4, -0.2) is 17.8 Å². The lowest BCUT2D eigenvalue weighted by Crippen LogP contribution is -2.18. The van der Waals surface area contributed by atoms with Gasteiger partial charge in [0.15, 0.2) is 0 Å². The Balaban J connectivity index is 2.46. The number of halogens is 1. The van der Waals surface area contributed by atoms with Crippen LogP contribution in [0.4, 0.5) is 5.69 Å². The summed E-state index contributed by atoms with van der Waals surface area (Å²) in [7, 11) is 0. The fourth-order valence-corrected chi connectivity index (χ4v) is 1.43. The van der Waals surface area contributed by atoms with Crippen LogP contribution in [-0.2, 0) is 0 Å². The van der Waals surface area contributed by atoms with E-state index in [9.17, 15) is 5.11 Å². The zero-order valence-electron chi connectivity index (χ0n) is 7.57. The normalized spacial score (nSPS) is 11.8. The van der Waals surface area contributed by atoms with E-state index in [1.165, 1.54) is 0 Å². The van der Waals surface area contributed by atoms with Gasteiger partial charge < -0.3 is 10.4 Å². The van der Waals surface area contributed by atoms with E-state index in [-0.39, 0.29) is 6.42 Å². The summed E-state index contributed by atoms with van der Waals surface area (Å²) in [6.07, 6.45) is -0.468. The van der Waals surface area contributed by atoms with Gasteiger partial charge in [-0.15, -0.1) is 0 Å². The molecule has 2 N–H and O–H groups in total. The van der Waals surface area contributed by atoms with Crippen molar-refractivity contribution in [1.29, 1.82) is 5.26 Å². The zero-order chi connectivity index (χ0) is 10.4. The molecule has 1 atom stereocenters. The van der Waals surface area contributed by atoms with E-state index in [4.69, 9.17) is 5.26 Å². The van der Waals surface area contributed by atoms with Crippen LogP contribution in [0.5, 0.6) is 0 Å². The van der Waals surface area contributed by atoms with Crippen LogP contribution < -0.4 is 5.32 Å². The second-order valence-electron chi connectivity index (χ2n) is 2.88. The lowest BCUT2D eigenvalue weighted by molar-refractivity contribution is 0.193. The Labute approximate surface area is 91.5 Å². The molecule has 0 saturated carbocycles. The van der Waals surface area contributed by atoms with Crippen molar-refractivity contribution < 1.29 is 5.11 Å². The van der Waals surface area contributed by atoms with Crippen molar-refractivity contribution in [2.75, 3.05) is 11.9 Å². The first-order valence-corrected chi connectivity index (χ1v) is 5.06. The van der Waals surface area contributed by atoms with Gasteiger partial charge in [-0.2, -0.15) is 5.26 Å². The van der Waals surface area contributed by atoms with Crippen LogP contribution in [0.1, 0.15) is 6.42 Å². The van der Waals surface area contributed by atoms with E-state index in [0.29, 0.717) is 6.54 Å². The molecule has 1 aromatic rings. The van der Waals surface area contributed by atoms with E-state index >= 15 is 0 Å². The van der Waals surface area contributed by atoms with Crippen LogP contribution >= 0.6 is 15.9 Å². The Morgan fingerprint density at radius 1 is 1.50 bits per heavy atom. The molecule has 1 unspecified atom stereocenters. The zero-order valence-corrected chi connectivity index (χ0v) is 9.16. The monoisotopic (exact) mass is 254 g/mol. The first-order chi connectivity index (χ1) is 6.74. The molecule has 0 aromatic heterocycles. The molecule has 0 aliphatic heterocycles. The van der Waals surface area contributed by atoms with Gasteiger partial charge in [-0.3, -0.25) is 0 Å². The minimum atomic E-state index is -0.618. The van der Waals surface area contributed by atoms with Crippen molar-refractivity contribution >= 4 is 21.6 Å². The average Bonchev–Trinajstić information content (AvgIpc) is 2.17. The SMILES string of the molecule is N#CCC(O)CNc1ccccc1Br. The number of nitrogens with one attached hydrogen (secondary N) is 1. The fourth-order valence-electron chi connectivity index (χ4n) is 1.01. The molecule has 0 aliphatic rings. The number of aliphatic hydroxyl groups is 1. The van der Waals surface area contributed by atoms with Gasteiger partial charge in [0.25, 0.3) is 0 Å². The maximum atomic E-state index is 9.30. The number of hydrogen-bond acceptors (Lipinski definition) is 3. The highest BCUT2D eigenvalue weighted by molar-refractivity contribution is 9.10. The Hall–Kier alpha value is -1.05. The maximum absolute atomic E-state index is 9.30. The predicted octanol–water partition coefficient (Wildman–Crippen LogP) is 2.14. The summed E-state index contributed by atoms with van der Waals surface area (Å²) in [5.41, 5.74) is 0.921. The second-order valence-corrected chi connectivity index (χ2v) is 3.73. The molecule has 0 saturated heterocycles. The summed E-state index contributed by atoms with van der Waals surface area (Å²) in [5, 5.41) is 20.7. The topological polar surface area (TPSA) is 56.0 Å². The van der Waals surface area contributed by atoms with Gasteiger partial charge >= 0.3 is 0 Å². The van der Waals surface area contributed by atoms with Gasteiger partial charge in [0.05, 0.1) is 18.6 Å². The molecule has 1 aromatic carbocycles. The largest absolute Gasteiger partial charge is 0.390 e. The quantitative estimate of drug-likeness (QED) is 0.866. The minimum Gasteiger partial charge on any atom is -0.390 e. The van der Waals surface area contributed by atoms with Crippen LogP contribution in [0.3, 0.4) is 0 Å². The van der Waals surface area contributed by atoms with Crippen LogP contribution in [0, 0.1) is 11.3 Å². The maximum Gasteiger partial charge on any atom is 0.0842 e. The third-order valence-electron chi connectivity index (χ3n) is 1.73. The molecule has 0 radical (unpaired) electrons. The molecule has 74 valence electrons. The van der Waals surface area contributed by atoms with Gasteiger partial charge in [0, 0.05) is 16.7 Å². The Morgan fingerprint density at radius 3 is 2.86 bits per heavy atom. The number of nitrogens with zero attached hydrogens (tertiary/aromatic N) is 1. The molecule has 0 amide bonds. The molecule has 0 fully saturated rings. The van der Waals surface area contributed by atoms with Crippen LogP contribution in [0.25, 0.3) is 0 Å². The van der Waals surface area contributed by atoms with E-state index in [1.54, 1.807) is 0 Å². The van der Waals surface area contributed by atoms with Crippen molar-refractivity contribution in [3.8, 4) is 6.07 Å². The van der Waals surface area contributed by atoms with Crippen molar-refractivity contribution in [3.63, 3.8) is 0 Å². The van der Waals surface area contributed by atoms with Gasteiger partial charge in [0.1, 0.15) is 0 Å². The first kappa shape index (κ1) is 11.0. The molecular formula is C10H11BrN2O. The standard InChI is InChI=1S/C10H11BrN2O/c11-9-3-1-2-4-10(9)13-7-8(14)5-6-12/h1-4,8,13-14H,5,7H2. The highest BCUT2D eigenvalue weighted by Gasteiger charge is 2.03. The van der Waals surface area contributed by atoms with Gasteiger partial charge in [0.2, 0.25) is 0 Å². The van der Waals surface area contributed by atoms with E-state index in [2.05, 4.69) is 21.2 Å². The molecule has 14 heavy (non-hydrogen) atoms. The number of benzene rings is 1. The number of aliphatic hydroxyl groups excluding tert-OH is 1. The van der Waals surface area contributed by atoms with E-state index in [0.717, 1.165) is 10.2 Å². The Morgan fingerprint density at radius 2 is 2.21 bits per heavy atom. The number of rotatable bonds is 4. The smallest absolute Gasteiger partial charge is 0.0842 e. The number of anilines is 1. The Bertz CT molecular complexity index is 335. The predicted molar refractivity (Wildman–Crippen MR) is 58.9 cm³/mol. The lowest BCUT2D eigenvalue weighted by Gasteiger charge is -2.10. The molecule has 3 nitrogen and oxygen atoms in total. The molecular weight excluding hydrogens is 244 g/mol. The summed E-state index contributed by atoms with van der Waals surface area (Å²) in [4.78, 5) is 0. The highest BCUT2D eigenvalue weighted by Crippen LogP contribution is 2.20. The van der Waals surface area contributed by atoms with Crippen molar-refractivity contribution in [1.82, 2.24) is 0 Å². The number of nitriles is 1. The Kier molecular flexibility index (Phi) is 4.44. The van der Waals surface area contributed by atoms with Crippen molar-refractivity contribution in [2.24, 2.45) is 0 Å². The second kappa shape index (κ2) is 5.63. The highest BCUT2D eigenvalue weighted by atomic mass is 79.9. The van der Waals surface area contributed by atoms with E-state index in [1.807, 2.05) is 30.3 Å². The summed E-state index contributed by atoms with van der Waals surface area (Å²) in [6, 6.07) is 9.56. The third kappa shape index (κ3) is 3.36. The van der Waals surface area contributed by atoms with Gasteiger partial charge in [-0.05, 0) is 28.1 Å². The molecule has 0 heterocycles. The van der Waals surface area contributed by atoms with Gasteiger partial charge in [-0.25, -0.2) is 0 Å². The molecule has 0 aliphatic carbocycles. The third-order valence-corrected chi connectivity index (χ3v) is 2.42. The fraction of sp³-hybridized carbons (Fsp3) is 0.300. The number of para-hydroxylation sites is 1. The van der Waals surface area contributed by atoms with Crippen molar-refractivity contribution in [3.05, 3.63) is 28.7 Å². The minimum absolute atomic E-state index is 0.150. The summed E-state index contributed by atoms with van der Waals surface area (Å²) in [5.74, 6) is 0. The summed E-state index contributed by atoms with van der Waals surface area (Å²) < 4.78 is 0.948. The first-order valence-electron chi connectivity index (χ1n) is 4.27. The number of hydrogen-bond donors (Lipinski definition) is 2. The van der Waals surface area contributed by atoms with Crippen LogP contribution in [0.2, 0.25) is 0 Å². The summed E-state index contributed by atoms with van der Waals surface area (Å²) >= 11 is 3.38. The van der Waals surface area contributed by atoms with Gasteiger partial charge in [-0.1, -0.05) is 12.1 Å². The van der Waals surface area contributed by atoms with E-state index < -0.39 is 6.10 Å². The average molecular weight is 255 g/mol. The van der Waals surface area contributed by atoms with Crippen LogP contribution in [0.15, 0.2) is 28.7 Å². The molecule has 4 heteroatoms. The summed E-state index contributed by atoms with van der Waals surface area (Å²) in [6.45, 7) is 0.385. The molecule has 1 rings (SSSR count). The molecule has 0 bridgehead atoms. The lowest BCUT2D eigenvalue weighted by atomic mass is 10.2. The van der Waals surface area contributed by atoms with Crippen molar-refractivity contribution in [2.45, 2.75) is 12.5 Å².